The Kier molecular flexibility index (Phi) is 19.5. The van der Waals surface area contributed by atoms with E-state index in [0.717, 1.165) is 7.11 Å². The first-order chi connectivity index (χ1) is 20.2. The third kappa shape index (κ3) is 13.6. The molecule has 2 N–H and O–H groups in total. The second-order valence-corrected chi connectivity index (χ2v) is 6.96. The van der Waals surface area contributed by atoms with Gasteiger partial charge < -0.3 is 23.9 Å². The normalized spacial score (nSPS) is 10.1. The Balaban J connectivity index is 0.000000574. The van der Waals surface area contributed by atoms with E-state index in [2.05, 4.69) is 54.9 Å². The Labute approximate surface area is 242 Å². The number of nitrogens with two attached hydrogens (primary N) is 1. The number of hydrogen-bond acceptors (Lipinski definition) is 15. The minimum Gasteiger partial charge on any atom is -0.464 e. The summed E-state index contributed by atoms with van der Waals surface area (Å²) in [6.45, 7) is 0. The predicted octanol–water partition coefficient (Wildman–Crippen LogP) is 1.22. The molecule has 0 spiro atoms. The largest absolute Gasteiger partial charge is 0.464 e. The fraction of sp³-hybridized carbons (Fsp3) is 0.222. The van der Waals surface area contributed by atoms with Crippen molar-refractivity contribution in [2.45, 2.75) is 0 Å². The average molecular weight is 585 g/mol. The number of Topliss-reactive ketones (excluding diaryl/α,β-unsaturated/α-hetero) is 1. The van der Waals surface area contributed by atoms with Crippen LogP contribution < -0.4 is 5.90 Å². The van der Waals surface area contributed by atoms with Gasteiger partial charge in [0.1, 0.15) is 7.11 Å². The first kappa shape index (κ1) is 36.6. The standard InChI is InChI=1S/C9H10N2O3.C9H10N2O2.C8H7NO3.CH5NO/c1-13-9(12)8(11-14-2)7-4-3-5-10-6-7;1-10-8(9(12)13-2)7-4-3-5-11-6-7;1-12-8(11)7(10)6-3-2-4-9-5-6;1-3-2/h3-6H,1-2H3;3-6H,1-2H3;2-5H,1H3;2H2,1H3/b11-8-;;;. The molecule has 42 heavy (non-hydrogen) atoms. The predicted molar refractivity (Wildman–Crippen MR) is 150 cm³/mol. The van der Waals surface area contributed by atoms with Crippen molar-refractivity contribution in [3.8, 4) is 0 Å². The monoisotopic (exact) mass is 584 g/mol. The van der Waals surface area contributed by atoms with Crippen LogP contribution in [0.5, 0.6) is 0 Å². The molecule has 0 fully saturated rings. The Hall–Kier alpha value is -5.41. The number of carbonyl (C=O) groups excluding carboxylic acids is 4. The fourth-order valence-corrected chi connectivity index (χ4v) is 2.54. The van der Waals surface area contributed by atoms with Crippen LogP contribution in [0.1, 0.15) is 21.5 Å². The summed E-state index contributed by atoms with van der Waals surface area (Å²) in [7, 11) is 8.07. The van der Waals surface area contributed by atoms with Gasteiger partial charge in [0.15, 0.2) is 11.4 Å². The molecule has 15 nitrogen and oxygen atoms in total. The van der Waals surface area contributed by atoms with E-state index in [9.17, 15) is 19.2 Å². The molecule has 0 unspecified atom stereocenters. The van der Waals surface area contributed by atoms with Crippen molar-refractivity contribution in [3.63, 3.8) is 0 Å². The molecule has 15 heteroatoms. The molecule has 0 saturated heterocycles. The van der Waals surface area contributed by atoms with E-state index in [0.29, 0.717) is 11.1 Å². The highest BCUT2D eigenvalue weighted by Crippen LogP contribution is 2.02. The number of ether oxygens (including phenoxy) is 3. The van der Waals surface area contributed by atoms with Crippen molar-refractivity contribution in [2.24, 2.45) is 16.0 Å². The highest BCUT2D eigenvalue weighted by molar-refractivity contribution is 6.43. The number of carbonyl (C=O) groups is 4. The molecule has 0 bridgehead atoms. The topological polar surface area (TPSA) is 204 Å². The van der Waals surface area contributed by atoms with Gasteiger partial charge in [-0.1, -0.05) is 5.16 Å². The molecule has 0 atom stereocenters. The van der Waals surface area contributed by atoms with E-state index in [1.807, 2.05) is 0 Å². The summed E-state index contributed by atoms with van der Waals surface area (Å²) in [5, 5.41) is 3.57. The van der Waals surface area contributed by atoms with Crippen molar-refractivity contribution in [1.82, 2.24) is 15.0 Å². The average Bonchev–Trinajstić information content (AvgIpc) is 3.05. The Bertz CT molecular complexity index is 1290. The number of methoxy groups -OCH3 is 3. The van der Waals surface area contributed by atoms with Gasteiger partial charge in [-0.15, -0.1) is 0 Å². The Morgan fingerprint density at radius 3 is 1.36 bits per heavy atom. The summed E-state index contributed by atoms with van der Waals surface area (Å²) in [6.07, 6.45) is 9.15. The molecule has 3 heterocycles. The van der Waals surface area contributed by atoms with Crippen LogP contribution in [0.2, 0.25) is 0 Å². The number of aromatic nitrogens is 3. The quantitative estimate of drug-likeness (QED) is 0.104. The van der Waals surface area contributed by atoms with Gasteiger partial charge in [-0.3, -0.25) is 24.7 Å². The lowest BCUT2D eigenvalue weighted by molar-refractivity contribution is -0.135. The summed E-state index contributed by atoms with van der Waals surface area (Å²) in [5.41, 5.74) is 1.85. The lowest BCUT2D eigenvalue weighted by atomic mass is 10.2. The summed E-state index contributed by atoms with van der Waals surface area (Å²) >= 11 is 0. The zero-order chi connectivity index (χ0) is 31.8. The van der Waals surface area contributed by atoms with Gasteiger partial charge in [0.25, 0.3) is 5.78 Å². The number of hydrogen-bond donors (Lipinski definition) is 1. The molecule has 0 saturated carbocycles. The van der Waals surface area contributed by atoms with E-state index >= 15 is 0 Å². The van der Waals surface area contributed by atoms with Gasteiger partial charge >= 0.3 is 17.9 Å². The van der Waals surface area contributed by atoms with Crippen LogP contribution in [0.25, 0.3) is 0 Å². The fourth-order valence-electron chi connectivity index (χ4n) is 2.54. The molecule has 0 aliphatic carbocycles. The van der Waals surface area contributed by atoms with E-state index < -0.39 is 23.7 Å². The molecular weight excluding hydrogens is 552 g/mol. The van der Waals surface area contributed by atoms with Crippen molar-refractivity contribution in [2.75, 3.05) is 42.6 Å². The molecule has 0 amide bonds. The summed E-state index contributed by atoms with van der Waals surface area (Å²) < 4.78 is 13.4. The van der Waals surface area contributed by atoms with Gasteiger partial charge in [-0.05, 0) is 36.4 Å². The Morgan fingerprint density at radius 2 is 1.02 bits per heavy atom. The summed E-state index contributed by atoms with van der Waals surface area (Å²) in [6, 6.07) is 9.98. The third-order valence-corrected chi connectivity index (χ3v) is 4.33. The van der Waals surface area contributed by atoms with E-state index in [1.165, 1.54) is 53.1 Å². The van der Waals surface area contributed by atoms with E-state index in [-0.39, 0.29) is 17.0 Å². The smallest absolute Gasteiger partial charge is 0.379 e. The zero-order valence-corrected chi connectivity index (χ0v) is 23.9. The van der Waals surface area contributed by atoms with Gasteiger partial charge in [-0.25, -0.2) is 20.3 Å². The van der Waals surface area contributed by atoms with Crippen molar-refractivity contribution >= 4 is 35.1 Å². The number of oxime groups is 1. The molecule has 0 radical (unpaired) electrons. The molecule has 0 aliphatic rings. The van der Waals surface area contributed by atoms with Gasteiger partial charge in [-0.2, -0.15) is 0 Å². The van der Waals surface area contributed by atoms with Crippen molar-refractivity contribution < 1.29 is 43.1 Å². The highest BCUT2D eigenvalue weighted by Gasteiger charge is 2.16. The SMILES string of the molecule is CN=C(C(=O)OC)c1cccnc1.CO/N=C(\C(=O)OC)c1cccnc1.COC(=O)C(=O)c1cccnc1.CON. The van der Waals surface area contributed by atoms with Crippen LogP contribution in [0, 0.1) is 0 Å². The summed E-state index contributed by atoms with van der Waals surface area (Å²) in [5.74, 6) is 1.80. The lowest BCUT2D eigenvalue weighted by Crippen LogP contribution is -2.17. The van der Waals surface area contributed by atoms with Crippen LogP contribution in [0.4, 0.5) is 0 Å². The highest BCUT2D eigenvalue weighted by atomic mass is 16.6. The van der Waals surface area contributed by atoms with E-state index in [1.54, 1.807) is 56.0 Å². The van der Waals surface area contributed by atoms with Gasteiger partial charge in [0.05, 0.1) is 28.4 Å². The maximum atomic E-state index is 11.2. The molecule has 0 aromatic carbocycles. The first-order valence-electron chi connectivity index (χ1n) is 11.6. The van der Waals surface area contributed by atoms with Gasteiger partial charge in [0.2, 0.25) is 0 Å². The molecule has 3 rings (SSSR count). The first-order valence-corrected chi connectivity index (χ1v) is 11.6. The Morgan fingerprint density at radius 1 is 0.643 bits per heavy atom. The zero-order valence-electron chi connectivity index (χ0n) is 23.9. The molecule has 0 aliphatic heterocycles. The van der Waals surface area contributed by atoms with Crippen LogP contribution in [0.15, 0.2) is 83.7 Å². The van der Waals surface area contributed by atoms with Crippen molar-refractivity contribution in [3.05, 3.63) is 90.3 Å². The van der Waals surface area contributed by atoms with E-state index in [4.69, 9.17) is 0 Å². The second-order valence-electron chi connectivity index (χ2n) is 6.96. The number of rotatable bonds is 7. The van der Waals surface area contributed by atoms with Crippen molar-refractivity contribution in [1.29, 1.82) is 0 Å². The second kappa shape index (κ2) is 22.4. The molecule has 3 aromatic heterocycles. The number of aliphatic imine (C=N–C) groups is 1. The molecular formula is C27H32N6O9. The van der Waals surface area contributed by atoms with Crippen LogP contribution in [0.3, 0.4) is 0 Å². The van der Waals surface area contributed by atoms with Gasteiger partial charge in [0, 0.05) is 60.9 Å². The van der Waals surface area contributed by atoms with Crippen LogP contribution in [-0.2, 0) is 38.3 Å². The third-order valence-electron chi connectivity index (χ3n) is 4.33. The van der Waals surface area contributed by atoms with Crippen LogP contribution in [-0.4, -0.2) is 92.7 Å². The summed E-state index contributed by atoms with van der Waals surface area (Å²) in [4.78, 5) is 67.7. The maximum Gasteiger partial charge on any atom is 0.379 e. The number of ketones is 1. The molecule has 3 aromatic rings. The number of esters is 3. The minimum atomic E-state index is -0.872. The minimum absolute atomic E-state index is 0.100. The number of nitrogens with zero attached hydrogens (tertiary/aromatic N) is 5. The number of pyridine rings is 3. The maximum absolute atomic E-state index is 11.2. The molecule has 224 valence electrons. The van der Waals surface area contributed by atoms with Crippen LogP contribution >= 0.6 is 0 Å². The lowest BCUT2D eigenvalue weighted by Gasteiger charge is -2.02.